The van der Waals surface area contributed by atoms with E-state index in [2.05, 4.69) is 47.7 Å². The number of carbonyl (C=O) groups is 1. The molecule has 32 heavy (non-hydrogen) atoms. The number of hydrogen-bond donors (Lipinski definition) is 1. The van der Waals surface area contributed by atoms with Crippen LogP contribution in [-0.2, 0) is 27.9 Å². The molecule has 0 radical (unpaired) electrons. The van der Waals surface area contributed by atoms with E-state index in [1.54, 1.807) is 0 Å². The van der Waals surface area contributed by atoms with Crippen LogP contribution in [0.2, 0.25) is 0 Å². The van der Waals surface area contributed by atoms with Crippen LogP contribution in [0, 0.1) is 16.7 Å². The lowest BCUT2D eigenvalue weighted by atomic mass is 9.70. The average Bonchev–Trinajstić information content (AvgIpc) is 3.07. The Hall–Kier alpha value is -2.02. The van der Waals surface area contributed by atoms with Crippen molar-refractivity contribution in [1.82, 2.24) is 9.62 Å². The summed E-state index contributed by atoms with van der Waals surface area (Å²) in [4.78, 5) is 14.9. The number of ketones is 1. The van der Waals surface area contributed by atoms with Crippen molar-refractivity contribution in [3.8, 4) is 11.1 Å². The zero-order valence-electron chi connectivity index (χ0n) is 19.5. The van der Waals surface area contributed by atoms with E-state index in [1.165, 1.54) is 5.56 Å². The highest BCUT2D eigenvalue weighted by atomic mass is 32.2. The Morgan fingerprint density at radius 3 is 2.34 bits per heavy atom. The summed E-state index contributed by atoms with van der Waals surface area (Å²) in [5.74, 6) is 0.327. The second-order valence-electron chi connectivity index (χ2n) is 10.3. The molecule has 0 aromatic heterocycles. The largest absolute Gasteiger partial charge is 0.305 e. The van der Waals surface area contributed by atoms with E-state index in [9.17, 15) is 13.2 Å². The third kappa shape index (κ3) is 4.16. The van der Waals surface area contributed by atoms with Crippen LogP contribution >= 0.6 is 0 Å². The van der Waals surface area contributed by atoms with E-state index in [0.29, 0.717) is 18.8 Å². The number of benzene rings is 2. The summed E-state index contributed by atoms with van der Waals surface area (Å²) in [7, 11) is 0.479. The summed E-state index contributed by atoms with van der Waals surface area (Å²) in [5.41, 5.74) is 3.23. The Balaban J connectivity index is 1.50. The van der Waals surface area contributed by atoms with Crippen LogP contribution in [-0.4, -0.2) is 38.9 Å². The first-order valence-electron chi connectivity index (χ1n) is 11.4. The first kappa shape index (κ1) is 23.1. The molecule has 2 saturated carbocycles. The van der Waals surface area contributed by atoms with Crippen molar-refractivity contribution in [2.24, 2.45) is 16.7 Å². The van der Waals surface area contributed by atoms with Gasteiger partial charge in [0.25, 0.3) is 0 Å². The van der Waals surface area contributed by atoms with E-state index < -0.39 is 15.4 Å². The fourth-order valence-electron chi connectivity index (χ4n) is 5.78. The van der Waals surface area contributed by atoms with Crippen molar-refractivity contribution in [2.45, 2.75) is 46.2 Å². The van der Waals surface area contributed by atoms with Gasteiger partial charge in [-0.25, -0.2) is 13.1 Å². The van der Waals surface area contributed by atoms with Gasteiger partial charge < -0.3 is 4.90 Å². The van der Waals surface area contributed by atoms with Crippen molar-refractivity contribution < 1.29 is 13.2 Å². The molecule has 2 unspecified atom stereocenters. The minimum atomic E-state index is -3.61. The summed E-state index contributed by atoms with van der Waals surface area (Å²) in [6.07, 6.45) is 2.15. The molecule has 0 saturated heterocycles. The van der Waals surface area contributed by atoms with Crippen molar-refractivity contribution in [1.29, 1.82) is 0 Å². The minimum Gasteiger partial charge on any atom is -0.305 e. The van der Waals surface area contributed by atoms with Gasteiger partial charge >= 0.3 is 0 Å². The summed E-state index contributed by atoms with van der Waals surface area (Å²) in [6, 6.07) is 16.3. The van der Waals surface area contributed by atoms with Crippen LogP contribution in [0.25, 0.3) is 11.1 Å². The van der Waals surface area contributed by atoms with Crippen molar-refractivity contribution in [3.63, 3.8) is 0 Å². The molecule has 2 fully saturated rings. The molecule has 172 valence electrons. The fraction of sp³-hybridized carbons (Fsp3) is 0.500. The zero-order valence-corrected chi connectivity index (χ0v) is 20.3. The maximum Gasteiger partial charge on any atom is 0.212 e. The smallest absolute Gasteiger partial charge is 0.212 e. The van der Waals surface area contributed by atoms with Gasteiger partial charge in [0.15, 0.2) is 0 Å². The van der Waals surface area contributed by atoms with Crippen molar-refractivity contribution >= 4 is 15.8 Å². The lowest BCUT2D eigenvalue weighted by molar-refractivity contribution is -0.128. The lowest BCUT2D eigenvalue weighted by Crippen LogP contribution is -2.45. The Bertz CT molecular complexity index is 1110. The molecule has 2 aliphatic rings. The van der Waals surface area contributed by atoms with Gasteiger partial charge in [0.05, 0.1) is 5.75 Å². The van der Waals surface area contributed by atoms with Crippen LogP contribution in [0.4, 0.5) is 0 Å². The monoisotopic (exact) mass is 454 g/mol. The molecular weight excluding hydrogens is 420 g/mol. The molecular formula is C26H34N2O3S. The van der Waals surface area contributed by atoms with Crippen LogP contribution in [0.3, 0.4) is 0 Å². The lowest BCUT2D eigenvalue weighted by Gasteiger charge is -2.36. The van der Waals surface area contributed by atoms with Gasteiger partial charge in [-0.1, -0.05) is 62.4 Å². The molecule has 2 bridgehead atoms. The Morgan fingerprint density at radius 2 is 1.75 bits per heavy atom. The molecule has 2 aliphatic carbocycles. The predicted octanol–water partition coefficient (Wildman–Crippen LogP) is 4.23. The maximum absolute atomic E-state index is 13.1. The second-order valence-corrected chi connectivity index (χ2v) is 12.1. The summed E-state index contributed by atoms with van der Waals surface area (Å²) < 4.78 is 29.0. The third-order valence-electron chi connectivity index (χ3n) is 7.84. The van der Waals surface area contributed by atoms with Crippen LogP contribution in [0.5, 0.6) is 0 Å². The number of nitrogens with zero attached hydrogens (tertiary/aromatic N) is 1. The van der Waals surface area contributed by atoms with Gasteiger partial charge in [-0.3, -0.25) is 4.79 Å². The highest BCUT2D eigenvalue weighted by Crippen LogP contribution is 2.64. The standard InChI is InChI=1S/C26H34N2O3S/c1-25(2)22-13-14-26(25,24(29)15-22)18-32(30,31)27-16-21-7-5-6-8-23(21)20-11-9-19(10-12-20)17-28(3)4/h5-12,22,27H,13-18H2,1-4H3. The van der Waals surface area contributed by atoms with Gasteiger partial charge in [0.1, 0.15) is 5.78 Å². The van der Waals surface area contributed by atoms with Gasteiger partial charge in [-0.05, 0) is 60.5 Å². The highest BCUT2D eigenvalue weighted by Gasteiger charge is 2.65. The average molecular weight is 455 g/mol. The molecule has 6 heteroatoms. The Labute approximate surface area is 192 Å². The number of sulfonamides is 1. The first-order valence-corrected chi connectivity index (χ1v) is 13.0. The Kier molecular flexibility index (Phi) is 6.07. The number of nitrogens with one attached hydrogen (secondary N) is 1. The SMILES string of the molecule is CN(C)Cc1ccc(-c2ccccc2CNS(=O)(=O)CC23CCC(CC2=O)C3(C)C)cc1. The topological polar surface area (TPSA) is 66.5 Å². The molecule has 1 N–H and O–H groups in total. The molecule has 0 heterocycles. The summed E-state index contributed by atoms with van der Waals surface area (Å²) >= 11 is 0. The molecule has 2 atom stereocenters. The molecule has 0 spiro atoms. The van der Waals surface area contributed by atoms with E-state index in [4.69, 9.17) is 0 Å². The van der Waals surface area contributed by atoms with Crippen LogP contribution in [0.1, 0.15) is 44.2 Å². The molecule has 0 aliphatic heterocycles. The Morgan fingerprint density at radius 1 is 1.06 bits per heavy atom. The third-order valence-corrected chi connectivity index (χ3v) is 9.30. The van der Waals surface area contributed by atoms with E-state index >= 15 is 0 Å². The molecule has 4 rings (SSSR count). The maximum atomic E-state index is 13.1. The van der Waals surface area contributed by atoms with E-state index in [0.717, 1.165) is 29.7 Å². The predicted molar refractivity (Wildman–Crippen MR) is 128 cm³/mol. The normalized spacial score (nSPS) is 24.4. The molecule has 0 amide bonds. The number of fused-ring (bicyclic) bond motifs is 2. The quantitative estimate of drug-likeness (QED) is 0.648. The van der Waals surface area contributed by atoms with Crippen LogP contribution < -0.4 is 4.72 Å². The first-order chi connectivity index (χ1) is 15.0. The number of Topliss-reactive ketones (excluding diaryl/α,β-unsaturated/α-hetero) is 1. The van der Waals surface area contributed by atoms with Crippen LogP contribution in [0.15, 0.2) is 48.5 Å². The van der Waals surface area contributed by atoms with Crippen molar-refractivity contribution in [2.75, 3.05) is 19.8 Å². The number of hydrogen-bond acceptors (Lipinski definition) is 4. The van der Waals surface area contributed by atoms with Gasteiger partial charge in [0.2, 0.25) is 10.0 Å². The fourth-order valence-corrected chi connectivity index (χ4v) is 7.59. The number of rotatable bonds is 8. The summed E-state index contributed by atoms with van der Waals surface area (Å²) in [6.45, 7) is 5.23. The zero-order chi connectivity index (χ0) is 23.1. The van der Waals surface area contributed by atoms with E-state index in [-0.39, 0.29) is 23.5 Å². The second kappa shape index (κ2) is 8.40. The highest BCUT2D eigenvalue weighted by molar-refractivity contribution is 7.89. The molecule has 2 aromatic carbocycles. The number of carbonyl (C=O) groups excluding carboxylic acids is 1. The molecule has 2 aromatic rings. The van der Waals surface area contributed by atoms with E-state index in [1.807, 2.05) is 38.4 Å². The minimum absolute atomic E-state index is 0.107. The van der Waals surface area contributed by atoms with Gasteiger partial charge in [-0.15, -0.1) is 0 Å². The van der Waals surface area contributed by atoms with Gasteiger partial charge in [-0.2, -0.15) is 0 Å². The van der Waals surface area contributed by atoms with Gasteiger partial charge in [0, 0.05) is 24.9 Å². The molecule has 5 nitrogen and oxygen atoms in total. The summed E-state index contributed by atoms with van der Waals surface area (Å²) in [5, 5.41) is 0. The van der Waals surface area contributed by atoms with Crippen molar-refractivity contribution in [3.05, 3.63) is 59.7 Å².